The van der Waals surface area contributed by atoms with Gasteiger partial charge in [-0.05, 0) is 62.3 Å². The van der Waals surface area contributed by atoms with Gasteiger partial charge in [0, 0.05) is 0 Å². The summed E-state index contributed by atoms with van der Waals surface area (Å²) in [5.41, 5.74) is 2.88. The lowest BCUT2D eigenvalue weighted by Crippen LogP contribution is -2.29. The van der Waals surface area contributed by atoms with Gasteiger partial charge in [-0.1, -0.05) is 30.3 Å². The van der Waals surface area contributed by atoms with Crippen molar-refractivity contribution in [2.75, 3.05) is 6.79 Å². The monoisotopic (exact) mass is 355 g/mol. The van der Waals surface area contributed by atoms with E-state index in [4.69, 9.17) is 13.9 Å². The van der Waals surface area contributed by atoms with Crippen molar-refractivity contribution in [3.63, 3.8) is 0 Å². The lowest BCUT2D eigenvalue weighted by atomic mass is 10.1. The number of rotatable bonds is 7. The van der Waals surface area contributed by atoms with E-state index >= 15 is 0 Å². The Kier molecular flexibility index (Phi) is 6.24. The molecule has 1 unspecified atom stereocenters. The lowest BCUT2D eigenvalue weighted by Gasteiger charge is -2.19. The van der Waals surface area contributed by atoms with Gasteiger partial charge in [-0.25, -0.2) is 0 Å². The van der Waals surface area contributed by atoms with Crippen LogP contribution in [0.2, 0.25) is 19.6 Å². The Balaban J connectivity index is 1.97. The van der Waals surface area contributed by atoms with Crippen LogP contribution in [-0.4, -0.2) is 15.1 Å². The molecule has 2 rings (SSSR count). The zero-order valence-electron chi connectivity index (χ0n) is 15.5. The van der Waals surface area contributed by atoms with E-state index in [0.29, 0.717) is 0 Å². The Bertz CT molecular complexity index is 725. The number of hydrogen-bond donors (Lipinski definition) is 0. The van der Waals surface area contributed by atoms with E-state index in [1.807, 2.05) is 56.3 Å². The topological polar surface area (TPSA) is 51.5 Å². The van der Waals surface area contributed by atoms with E-state index < -0.39 is 14.4 Å². The highest BCUT2D eigenvalue weighted by Crippen LogP contribution is 2.25. The molecule has 132 valence electrons. The fraction of sp³-hybridized carbons (Fsp3) is 0.350. The third-order valence-electron chi connectivity index (χ3n) is 3.57. The molecular formula is C20H25NO3Si. The SMILES string of the molecule is Cc1cccc(C)c1OCOC(C#N)c1ccc(O[Si](C)(C)C)cc1. The van der Waals surface area contributed by atoms with Crippen LogP contribution in [0.4, 0.5) is 0 Å². The Morgan fingerprint density at radius 2 is 1.60 bits per heavy atom. The predicted molar refractivity (Wildman–Crippen MR) is 101 cm³/mol. The molecule has 0 bridgehead atoms. The molecule has 5 heteroatoms. The Hall–Kier alpha value is -2.29. The van der Waals surface area contributed by atoms with Crippen molar-refractivity contribution in [1.82, 2.24) is 0 Å². The van der Waals surface area contributed by atoms with Gasteiger partial charge in [-0.15, -0.1) is 0 Å². The summed E-state index contributed by atoms with van der Waals surface area (Å²) >= 11 is 0. The van der Waals surface area contributed by atoms with Crippen LogP contribution in [0.3, 0.4) is 0 Å². The van der Waals surface area contributed by atoms with Crippen molar-refractivity contribution in [3.05, 3.63) is 59.2 Å². The van der Waals surface area contributed by atoms with E-state index in [1.54, 1.807) is 0 Å². The molecule has 1 atom stereocenters. The summed E-state index contributed by atoms with van der Waals surface area (Å²) in [6.07, 6.45) is -0.676. The summed E-state index contributed by atoms with van der Waals surface area (Å²) in [5, 5.41) is 9.39. The third kappa shape index (κ3) is 5.63. The van der Waals surface area contributed by atoms with E-state index in [2.05, 4.69) is 25.7 Å². The molecule has 0 aliphatic carbocycles. The van der Waals surface area contributed by atoms with Gasteiger partial charge in [0.2, 0.25) is 8.32 Å². The number of ether oxygens (including phenoxy) is 2. The number of aryl methyl sites for hydroxylation is 2. The molecule has 0 spiro atoms. The fourth-order valence-corrected chi connectivity index (χ4v) is 3.30. The zero-order chi connectivity index (χ0) is 18.4. The average Bonchev–Trinajstić information content (AvgIpc) is 2.53. The van der Waals surface area contributed by atoms with Gasteiger partial charge in [0.15, 0.2) is 12.9 Å². The Labute approximate surface area is 151 Å². The van der Waals surface area contributed by atoms with E-state index in [9.17, 15) is 5.26 Å². The van der Waals surface area contributed by atoms with E-state index in [1.165, 1.54) is 0 Å². The maximum Gasteiger partial charge on any atom is 0.242 e. The van der Waals surface area contributed by atoms with Crippen LogP contribution < -0.4 is 9.16 Å². The first kappa shape index (κ1) is 19.0. The molecule has 0 saturated heterocycles. The number of para-hydroxylation sites is 1. The molecule has 0 N–H and O–H groups in total. The van der Waals surface area contributed by atoms with Crippen molar-refractivity contribution in [2.45, 2.75) is 39.6 Å². The second-order valence-corrected chi connectivity index (χ2v) is 11.4. The van der Waals surface area contributed by atoms with E-state index in [0.717, 1.165) is 28.2 Å². The average molecular weight is 356 g/mol. The molecule has 0 radical (unpaired) electrons. The van der Waals surface area contributed by atoms with Gasteiger partial charge in [0.25, 0.3) is 0 Å². The molecule has 2 aromatic carbocycles. The van der Waals surface area contributed by atoms with Crippen LogP contribution in [-0.2, 0) is 4.74 Å². The first-order valence-electron chi connectivity index (χ1n) is 8.29. The molecule has 4 nitrogen and oxygen atoms in total. The molecule has 0 amide bonds. The molecule has 2 aromatic rings. The molecule has 0 aromatic heterocycles. The summed E-state index contributed by atoms with van der Waals surface area (Å²) < 4.78 is 17.3. The van der Waals surface area contributed by atoms with Crippen LogP contribution in [0.5, 0.6) is 11.5 Å². The zero-order valence-corrected chi connectivity index (χ0v) is 16.5. The lowest BCUT2D eigenvalue weighted by molar-refractivity contribution is -0.0145. The van der Waals surface area contributed by atoms with Crippen LogP contribution >= 0.6 is 0 Å². The number of nitriles is 1. The van der Waals surface area contributed by atoms with Gasteiger partial charge in [0.1, 0.15) is 11.5 Å². The van der Waals surface area contributed by atoms with Crippen molar-refractivity contribution in [2.24, 2.45) is 0 Å². The Morgan fingerprint density at radius 1 is 1.00 bits per heavy atom. The molecular weight excluding hydrogens is 330 g/mol. The van der Waals surface area contributed by atoms with Crippen molar-refractivity contribution in [1.29, 1.82) is 5.26 Å². The molecule has 0 aliphatic rings. The first-order chi connectivity index (χ1) is 11.8. The summed E-state index contributed by atoms with van der Waals surface area (Å²) in [6.45, 7) is 10.4. The number of hydrogen-bond acceptors (Lipinski definition) is 4. The molecule has 0 saturated carbocycles. The summed E-state index contributed by atoms with van der Waals surface area (Å²) in [5.74, 6) is 1.63. The number of benzene rings is 2. The first-order valence-corrected chi connectivity index (χ1v) is 11.7. The van der Waals surface area contributed by atoms with Crippen molar-refractivity contribution >= 4 is 8.32 Å². The Morgan fingerprint density at radius 3 is 2.12 bits per heavy atom. The van der Waals surface area contributed by atoms with Crippen LogP contribution in [0.25, 0.3) is 0 Å². The minimum absolute atomic E-state index is 0.0249. The standard InChI is InChI=1S/C20H25NO3Si/c1-15-7-6-8-16(2)20(15)23-14-22-19(13-21)17-9-11-18(12-10-17)24-25(3,4)5/h6-12,19H,14H2,1-5H3. The maximum atomic E-state index is 9.39. The minimum atomic E-state index is -1.64. The molecule has 0 heterocycles. The second kappa shape index (κ2) is 8.19. The van der Waals surface area contributed by atoms with Gasteiger partial charge in [-0.2, -0.15) is 5.26 Å². The van der Waals surface area contributed by atoms with Crippen LogP contribution in [0.15, 0.2) is 42.5 Å². The predicted octanol–water partition coefficient (Wildman–Crippen LogP) is 5.13. The highest BCUT2D eigenvalue weighted by atomic mass is 28.4. The maximum absolute atomic E-state index is 9.39. The third-order valence-corrected chi connectivity index (χ3v) is 4.42. The van der Waals surface area contributed by atoms with Crippen LogP contribution in [0.1, 0.15) is 22.8 Å². The van der Waals surface area contributed by atoms with Crippen molar-refractivity contribution in [3.8, 4) is 17.6 Å². The molecule has 0 fully saturated rings. The fourth-order valence-electron chi connectivity index (χ4n) is 2.46. The van der Waals surface area contributed by atoms with Crippen molar-refractivity contribution < 1.29 is 13.9 Å². The quantitative estimate of drug-likeness (QED) is 0.510. The van der Waals surface area contributed by atoms with Crippen LogP contribution in [0, 0.1) is 25.2 Å². The number of nitrogens with zero attached hydrogens (tertiary/aromatic N) is 1. The van der Waals surface area contributed by atoms with Gasteiger partial charge in [-0.3, -0.25) is 0 Å². The van der Waals surface area contributed by atoms with Gasteiger partial charge < -0.3 is 13.9 Å². The van der Waals surface area contributed by atoms with Gasteiger partial charge >= 0.3 is 0 Å². The normalized spacial score (nSPS) is 12.3. The summed E-state index contributed by atoms with van der Waals surface area (Å²) in [4.78, 5) is 0. The largest absolute Gasteiger partial charge is 0.544 e. The molecule has 0 aliphatic heterocycles. The summed E-state index contributed by atoms with van der Waals surface area (Å²) in [6, 6.07) is 15.6. The second-order valence-electron chi connectivity index (χ2n) is 6.94. The van der Waals surface area contributed by atoms with Gasteiger partial charge in [0.05, 0.1) is 6.07 Å². The summed E-state index contributed by atoms with van der Waals surface area (Å²) in [7, 11) is -1.64. The highest BCUT2D eigenvalue weighted by molar-refractivity contribution is 6.70. The smallest absolute Gasteiger partial charge is 0.242 e. The molecule has 25 heavy (non-hydrogen) atoms. The highest BCUT2D eigenvalue weighted by Gasteiger charge is 2.17. The minimum Gasteiger partial charge on any atom is -0.544 e. The van der Waals surface area contributed by atoms with E-state index in [-0.39, 0.29) is 6.79 Å².